The number of benzene rings is 1. The average Bonchev–Trinajstić information content (AvgIpc) is 2.41. The highest BCUT2D eigenvalue weighted by Gasteiger charge is 2.10. The van der Waals surface area contributed by atoms with Gasteiger partial charge in [-0.1, -0.05) is 37.3 Å². The van der Waals surface area contributed by atoms with Crippen LogP contribution >= 0.6 is 15.9 Å². The van der Waals surface area contributed by atoms with Gasteiger partial charge in [0.25, 0.3) is 0 Å². The lowest BCUT2D eigenvalue weighted by molar-refractivity contribution is 0.898. The Labute approximate surface area is 116 Å². The van der Waals surface area contributed by atoms with Crippen LogP contribution in [0.5, 0.6) is 0 Å². The van der Waals surface area contributed by atoms with Gasteiger partial charge in [0.2, 0.25) is 0 Å². The van der Waals surface area contributed by atoms with Gasteiger partial charge in [0.05, 0.1) is 10.2 Å². The second-order valence-electron chi connectivity index (χ2n) is 4.02. The van der Waals surface area contributed by atoms with E-state index in [2.05, 4.69) is 50.3 Å². The van der Waals surface area contributed by atoms with Gasteiger partial charge in [0.15, 0.2) is 0 Å². The number of hydrogen-bond donors (Lipinski definition) is 1. The maximum absolute atomic E-state index is 4.60. The van der Waals surface area contributed by atoms with E-state index >= 15 is 0 Å². The summed E-state index contributed by atoms with van der Waals surface area (Å²) in [5, 5.41) is 3.10. The third-order valence-electron chi connectivity index (χ3n) is 2.74. The maximum Gasteiger partial charge on any atom is 0.144 e. The number of hydrogen-bond acceptors (Lipinski definition) is 3. The van der Waals surface area contributed by atoms with Crippen molar-refractivity contribution in [3.8, 4) is 0 Å². The SMILES string of the molecule is CCc1nc(Cc2ccccc2)nc(NC)c1Br. The fourth-order valence-corrected chi connectivity index (χ4v) is 2.46. The summed E-state index contributed by atoms with van der Waals surface area (Å²) in [5.74, 6) is 1.71. The van der Waals surface area contributed by atoms with Crippen molar-refractivity contribution in [2.45, 2.75) is 19.8 Å². The minimum Gasteiger partial charge on any atom is -0.372 e. The van der Waals surface area contributed by atoms with E-state index in [1.165, 1.54) is 5.56 Å². The summed E-state index contributed by atoms with van der Waals surface area (Å²) >= 11 is 3.53. The first-order valence-corrected chi connectivity index (χ1v) is 6.80. The number of aromatic nitrogens is 2. The van der Waals surface area contributed by atoms with Crippen molar-refractivity contribution in [1.82, 2.24) is 9.97 Å². The zero-order chi connectivity index (χ0) is 13.0. The smallest absolute Gasteiger partial charge is 0.144 e. The van der Waals surface area contributed by atoms with E-state index in [1.807, 2.05) is 25.2 Å². The van der Waals surface area contributed by atoms with E-state index < -0.39 is 0 Å². The molecule has 0 radical (unpaired) electrons. The molecule has 0 aliphatic heterocycles. The Morgan fingerprint density at radius 2 is 1.89 bits per heavy atom. The van der Waals surface area contributed by atoms with Gasteiger partial charge in [0, 0.05) is 13.5 Å². The molecule has 1 aromatic carbocycles. The molecule has 0 atom stereocenters. The lowest BCUT2D eigenvalue weighted by Crippen LogP contribution is -2.05. The van der Waals surface area contributed by atoms with Crippen molar-refractivity contribution < 1.29 is 0 Å². The molecule has 0 saturated heterocycles. The number of halogens is 1. The van der Waals surface area contributed by atoms with E-state index in [1.54, 1.807) is 0 Å². The first kappa shape index (κ1) is 13.0. The summed E-state index contributed by atoms with van der Waals surface area (Å²) in [4.78, 5) is 9.12. The van der Waals surface area contributed by atoms with Crippen LogP contribution in [0, 0.1) is 0 Å². The number of nitrogens with one attached hydrogen (secondary N) is 1. The summed E-state index contributed by atoms with van der Waals surface area (Å²) in [6, 6.07) is 10.3. The van der Waals surface area contributed by atoms with E-state index in [0.29, 0.717) is 0 Å². The Balaban J connectivity index is 2.34. The second kappa shape index (κ2) is 5.96. The molecule has 0 aliphatic carbocycles. The number of nitrogens with zero attached hydrogens (tertiary/aromatic N) is 2. The van der Waals surface area contributed by atoms with Crippen LogP contribution in [0.4, 0.5) is 5.82 Å². The van der Waals surface area contributed by atoms with Gasteiger partial charge in [-0.3, -0.25) is 0 Å². The Bertz CT molecular complexity index is 501. The minimum atomic E-state index is 0.760. The van der Waals surface area contributed by atoms with Crippen LogP contribution in [0.3, 0.4) is 0 Å². The maximum atomic E-state index is 4.60. The highest BCUT2D eigenvalue weighted by atomic mass is 79.9. The minimum absolute atomic E-state index is 0.760. The topological polar surface area (TPSA) is 37.8 Å². The van der Waals surface area contributed by atoms with Crippen molar-refractivity contribution in [1.29, 1.82) is 0 Å². The quantitative estimate of drug-likeness (QED) is 0.940. The average molecular weight is 306 g/mol. The van der Waals surface area contributed by atoms with Crippen molar-refractivity contribution in [2.75, 3.05) is 12.4 Å². The molecule has 1 heterocycles. The standard InChI is InChI=1S/C14H16BrN3/c1-3-11-13(15)14(16-2)18-12(17-11)9-10-7-5-4-6-8-10/h4-8H,3,9H2,1-2H3,(H,16,17,18). The predicted molar refractivity (Wildman–Crippen MR) is 77.9 cm³/mol. The van der Waals surface area contributed by atoms with Crippen molar-refractivity contribution in [2.24, 2.45) is 0 Å². The molecule has 4 heteroatoms. The first-order valence-electron chi connectivity index (χ1n) is 6.01. The van der Waals surface area contributed by atoms with Gasteiger partial charge in [-0.05, 0) is 27.9 Å². The molecule has 18 heavy (non-hydrogen) atoms. The molecule has 94 valence electrons. The fourth-order valence-electron chi connectivity index (χ4n) is 1.80. The van der Waals surface area contributed by atoms with Crippen LogP contribution in [0.2, 0.25) is 0 Å². The lowest BCUT2D eigenvalue weighted by Gasteiger charge is -2.10. The number of anilines is 1. The molecular formula is C14H16BrN3. The van der Waals surface area contributed by atoms with Gasteiger partial charge >= 0.3 is 0 Å². The van der Waals surface area contributed by atoms with Crippen molar-refractivity contribution in [3.63, 3.8) is 0 Å². The highest BCUT2D eigenvalue weighted by molar-refractivity contribution is 9.10. The Kier molecular flexibility index (Phi) is 4.31. The highest BCUT2D eigenvalue weighted by Crippen LogP contribution is 2.24. The summed E-state index contributed by atoms with van der Waals surface area (Å²) in [7, 11) is 1.87. The lowest BCUT2D eigenvalue weighted by atomic mass is 10.1. The second-order valence-corrected chi connectivity index (χ2v) is 4.81. The summed E-state index contributed by atoms with van der Waals surface area (Å²) in [5.41, 5.74) is 2.27. The third kappa shape index (κ3) is 2.88. The van der Waals surface area contributed by atoms with Crippen LogP contribution in [0.15, 0.2) is 34.8 Å². The Morgan fingerprint density at radius 1 is 1.17 bits per heavy atom. The van der Waals surface area contributed by atoms with Crippen LogP contribution in [-0.4, -0.2) is 17.0 Å². The monoisotopic (exact) mass is 305 g/mol. The van der Waals surface area contributed by atoms with E-state index in [9.17, 15) is 0 Å². The fraction of sp³-hybridized carbons (Fsp3) is 0.286. The van der Waals surface area contributed by atoms with E-state index in [-0.39, 0.29) is 0 Å². The van der Waals surface area contributed by atoms with Crippen LogP contribution in [-0.2, 0) is 12.8 Å². The largest absolute Gasteiger partial charge is 0.372 e. The molecule has 0 fully saturated rings. The molecule has 0 spiro atoms. The molecule has 1 aromatic heterocycles. The Hall–Kier alpha value is -1.42. The number of rotatable bonds is 4. The molecule has 2 rings (SSSR count). The summed E-state index contributed by atoms with van der Waals surface area (Å²) in [6.07, 6.45) is 1.65. The molecule has 3 nitrogen and oxygen atoms in total. The van der Waals surface area contributed by atoms with Crippen LogP contribution in [0.25, 0.3) is 0 Å². The van der Waals surface area contributed by atoms with Gasteiger partial charge < -0.3 is 5.32 Å². The van der Waals surface area contributed by atoms with Crippen molar-refractivity contribution >= 4 is 21.7 Å². The first-order chi connectivity index (χ1) is 8.74. The molecule has 0 amide bonds. The van der Waals surface area contributed by atoms with Crippen molar-refractivity contribution in [3.05, 3.63) is 51.9 Å². The van der Waals surface area contributed by atoms with Gasteiger partial charge in [-0.15, -0.1) is 0 Å². The molecule has 0 aliphatic rings. The zero-order valence-electron chi connectivity index (χ0n) is 10.6. The van der Waals surface area contributed by atoms with Gasteiger partial charge in [0.1, 0.15) is 11.6 Å². The van der Waals surface area contributed by atoms with Gasteiger partial charge in [-0.25, -0.2) is 9.97 Å². The molecule has 2 aromatic rings. The molecule has 0 bridgehead atoms. The molecule has 0 saturated carbocycles. The van der Waals surface area contributed by atoms with E-state index in [4.69, 9.17) is 0 Å². The van der Waals surface area contributed by atoms with E-state index in [0.717, 1.165) is 34.7 Å². The molecule has 1 N–H and O–H groups in total. The summed E-state index contributed by atoms with van der Waals surface area (Å²) in [6.45, 7) is 2.10. The molecular weight excluding hydrogens is 290 g/mol. The third-order valence-corrected chi connectivity index (χ3v) is 3.58. The van der Waals surface area contributed by atoms with Crippen LogP contribution in [0.1, 0.15) is 24.0 Å². The predicted octanol–water partition coefficient (Wildman–Crippen LogP) is 3.43. The summed E-state index contributed by atoms with van der Waals surface area (Å²) < 4.78 is 0.962. The molecule has 0 unspecified atom stereocenters. The Morgan fingerprint density at radius 3 is 2.50 bits per heavy atom. The normalized spacial score (nSPS) is 10.4. The van der Waals surface area contributed by atoms with Crippen LogP contribution < -0.4 is 5.32 Å². The number of aryl methyl sites for hydroxylation is 1. The zero-order valence-corrected chi connectivity index (χ0v) is 12.2. The van der Waals surface area contributed by atoms with Gasteiger partial charge in [-0.2, -0.15) is 0 Å².